The van der Waals surface area contributed by atoms with E-state index in [4.69, 9.17) is 4.74 Å². The molecule has 2 aliphatic heterocycles. The maximum absolute atomic E-state index is 13.9. The van der Waals surface area contributed by atoms with E-state index in [2.05, 4.69) is 4.98 Å². The summed E-state index contributed by atoms with van der Waals surface area (Å²) in [5.74, 6) is -0.776. The minimum absolute atomic E-state index is 0.0382. The van der Waals surface area contributed by atoms with Crippen LogP contribution in [0.1, 0.15) is 41.8 Å². The molecule has 0 bridgehead atoms. The van der Waals surface area contributed by atoms with Crippen LogP contribution in [-0.4, -0.2) is 80.1 Å². The number of carboxylic acids is 1. The highest BCUT2D eigenvalue weighted by atomic mass is 32.2. The summed E-state index contributed by atoms with van der Waals surface area (Å²) in [6.45, 7) is 2.29. The fraction of sp³-hybridized carbons (Fsp3) is 0.433. The van der Waals surface area contributed by atoms with Gasteiger partial charge in [0, 0.05) is 30.7 Å². The van der Waals surface area contributed by atoms with Gasteiger partial charge in [0.25, 0.3) is 0 Å². The maximum atomic E-state index is 13.9. The lowest BCUT2D eigenvalue weighted by Gasteiger charge is -2.44. The monoisotopic (exact) mass is 610 g/mol. The smallest absolute Gasteiger partial charge is 0.348 e. The minimum Gasteiger partial charge on any atom is -0.477 e. The van der Waals surface area contributed by atoms with E-state index in [0.717, 1.165) is 53.9 Å². The molecule has 0 spiro atoms. The van der Waals surface area contributed by atoms with Crippen LogP contribution in [0.3, 0.4) is 0 Å². The molecule has 3 fully saturated rings. The van der Waals surface area contributed by atoms with Gasteiger partial charge in [-0.05, 0) is 42.5 Å². The Morgan fingerprint density at radius 1 is 1.02 bits per heavy atom. The van der Waals surface area contributed by atoms with E-state index in [9.17, 15) is 23.1 Å². The molecular weight excluding hydrogens is 576 g/mol. The number of carbonyl (C=O) groups is 2. The molecule has 3 aliphatic rings. The lowest BCUT2D eigenvalue weighted by Crippen LogP contribution is -2.60. The third kappa shape index (κ3) is 5.68. The van der Waals surface area contributed by atoms with Crippen LogP contribution in [0.15, 0.2) is 59.6 Å². The Hall–Kier alpha value is -3.32. The fourth-order valence-corrected chi connectivity index (χ4v) is 8.60. The van der Waals surface area contributed by atoms with E-state index in [1.807, 2.05) is 35.2 Å². The summed E-state index contributed by atoms with van der Waals surface area (Å²) in [6.07, 6.45) is 6.16. The van der Waals surface area contributed by atoms with Crippen molar-refractivity contribution in [2.24, 2.45) is 5.92 Å². The average molecular weight is 611 g/mol. The zero-order valence-electron chi connectivity index (χ0n) is 23.2. The van der Waals surface area contributed by atoms with E-state index in [1.165, 1.54) is 10.5 Å². The van der Waals surface area contributed by atoms with Crippen molar-refractivity contribution < 1.29 is 27.9 Å². The van der Waals surface area contributed by atoms with Crippen LogP contribution in [0.4, 0.5) is 11.5 Å². The van der Waals surface area contributed by atoms with Crippen molar-refractivity contribution in [3.05, 3.63) is 59.6 Å². The Morgan fingerprint density at radius 2 is 1.76 bits per heavy atom. The van der Waals surface area contributed by atoms with Crippen LogP contribution >= 0.6 is 11.3 Å². The molecule has 0 radical (unpaired) electrons. The number of amides is 1. The molecule has 3 aromatic rings. The molecule has 2 aromatic heterocycles. The number of hydrogen-bond acceptors (Lipinski definition) is 8. The number of morpholine rings is 1. The van der Waals surface area contributed by atoms with Gasteiger partial charge in [-0.15, -0.1) is 11.3 Å². The molecule has 10 nitrogen and oxygen atoms in total. The Balaban J connectivity index is 1.33. The number of aromatic nitrogens is 1. The number of ether oxygens (including phenoxy) is 1. The first kappa shape index (κ1) is 28.8. The summed E-state index contributed by atoms with van der Waals surface area (Å²) >= 11 is 1.14. The number of carboxylic acid groups (broad SMARTS) is 1. The van der Waals surface area contributed by atoms with Crippen LogP contribution < -0.4 is 9.80 Å². The molecule has 2 saturated heterocycles. The predicted molar refractivity (Wildman–Crippen MR) is 161 cm³/mol. The third-order valence-electron chi connectivity index (χ3n) is 8.41. The van der Waals surface area contributed by atoms with Gasteiger partial charge in [0.2, 0.25) is 15.9 Å². The van der Waals surface area contributed by atoms with E-state index in [-0.39, 0.29) is 28.8 Å². The second-order valence-electron chi connectivity index (χ2n) is 11.0. The molecule has 1 aliphatic carbocycles. The molecule has 42 heavy (non-hydrogen) atoms. The Bertz CT molecular complexity index is 1530. The van der Waals surface area contributed by atoms with Crippen molar-refractivity contribution in [1.82, 2.24) is 9.29 Å². The van der Waals surface area contributed by atoms with E-state index < -0.39 is 27.9 Å². The van der Waals surface area contributed by atoms with E-state index in [0.29, 0.717) is 37.8 Å². The lowest BCUT2D eigenvalue weighted by atomic mass is 9.82. The van der Waals surface area contributed by atoms with Crippen molar-refractivity contribution in [2.75, 3.05) is 49.2 Å². The molecule has 4 heterocycles. The van der Waals surface area contributed by atoms with Gasteiger partial charge < -0.3 is 19.6 Å². The van der Waals surface area contributed by atoms with Crippen LogP contribution in [0.2, 0.25) is 0 Å². The number of aromatic carboxylic acids is 1. The number of piperazine rings is 1. The quantitative estimate of drug-likeness (QED) is 0.420. The molecule has 1 amide bonds. The molecule has 1 saturated carbocycles. The number of hydrogen-bond donors (Lipinski definition) is 1. The SMILES string of the molecule is O=C(O)c1sc(-c2ccccc2)cc1N1C(=O)CN(S(=O)(=O)c2ccc(N3CCOCC3)nc2)CC1C1CCCCC1. The van der Waals surface area contributed by atoms with Gasteiger partial charge in [-0.3, -0.25) is 4.79 Å². The van der Waals surface area contributed by atoms with Gasteiger partial charge in [-0.1, -0.05) is 49.6 Å². The largest absolute Gasteiger partial charge is 0.477 e. The first-order valence-electron chi connectivity index (χ1n) is 14.4. The highest BCUT2D eigenvalue weighted by molar-refractivity contribution is 7.89. The minimum atomic E-state index is -4.02. The second kappa shape index (κ2) is 12.1. The van der Waals surface area contributed by atoms with Crippen LogP contribution in [-0.2, 0) is 19.6 Å². The van der Waals surface area contributed by atoms with Gasteiger partial charge in [0.1, 0.15) is 15.6 Å². The Labute approximate surface area is 249 Å². The second-order valence-corrected chi connectivity index (χ2v) is 14.0. The highest BCUT2D eigenvalue weighted by Crippen LogP contribution is 2.42. The first-order valence-corrected chi connectivity index (χ1v) is 16.6. The molecular formula is C30H34N4O6S2. The summed E-state index contributed by atoms with van der Waals surface area (Å²) in [5, 5.41) is 10.1. The van der Waals surface area contributed by atoms with Crippen molar-refractivity contribution in [1.29, 1.82) is 0 Å². The number of thiophene rings is 1. The summed E-state index contributed by atoms with van der Waals surface area (Å²) in [5.41, 5.74) is 1.22. The summed E-state index contributed by atoms with van der Waals surface area (Å²) in [6, 6.07) is 14.0. The van der Waals surface area contributed by atoms with Crippen molar-refractivity contribution in [3.63, 3.8) is 0 Å². The number of sulfonamides is 1. The zero-order chi connectivity index (χ0) is 29.3. The molecule has 1 N–H and O–H groups in total. The first-order chi connectivity index (χ1) is 20.3. The average Bonchev–Trinajstić information content (AvgIpc) is 3.47. The topological polar surface area (TPSA) is 120 Å². The van der Waals surface area contributed by atoms with Crippen LogP contribution in [0.25, 0.3) is 10.4 Å². The van der Waals surface area contributed by atoms with Crippen LogP contribution in [0, 0.1) is 5.92 Å². The standard InChI is InChI=1S/C30H34N4O6S2/c35-28-20-33(42(38,39)23-11-12-27(31-18-23)32-13-15-40-16-14-32)19-25(21-7-3-1-4-8-21)34(28)24-17-26(41-29(24)30(36)37)22-9-5-2-6-10-22/h2,5-6,9-12,17-18,21,25H,1,3-4,7-8,13-16,19-20H2,(H,36,37). The molecule has 222 valence electrons. The molecule has 1 unspecified atom stereocenters. The van der Waals surface area contributed by atoms with Crippen molar-refractivity contribution in [3.8, 4) is 10.4 Å². The zero-order valence-corrected chi connectivity index (χ0v) is 24.9. The van der Waals surface area contributed by atoms with Gasteiger partial charge in [-0.25, -0.2) is 18.2 Å². The lowest BCUT2D eigenvalue weighted by molar-refractivity contribution is -0.121. The number of nitrogens with zero attached hydrogens (tertiary/aromatic N) is 4. The number of pyridine rings is 1. The molecule has 12 heteroatoms. The fourth-order valence-electron chi connectivity index (χ4n) is 6.25. The summed E-state index contributed by atoms with van der Waals surface area (Å²) in [7, 11) is -4.02. The summed E-state index contributed by atoms with van der Waals surface area (Å²) < 4.78 is 34.3. The maximum Gasteiger partial charge on any atom is 0.348 e. The van der Waals surface area contributed by atoms with Gasteiger partial charge in [0.05, 0.1) is 31.5 Å². The van der Waals surface area contributed by atoms with Crippen LogP contribution in [0.5, 0.6) is 0 Å². The molecule has 1 aromatic carbocycles. The normalized spacial score (nSPS) is 21.0. The predicted octanol–water partition coefficient (Wildman–Crippen LogP) is 4.33. The van der Waals surface area contributed by atoms with E-state index in [1.54, 1.807) is 23.1 Å². The highest BCUT2D eigenvalue weighted by Gasteiger charge is 2.44. The third-order valence-corrected chi connectivity index (χ3v) is 11.4. The number of rotatable bonds is 7. The van der Waals surface area contributed by atoms with Gasteiger partial charge in [-0.2, -0.15) is 4.31 Å². The van der Waals surface area contributed by atoms with E-state index >= 15 is 0 Å². The Morgan fingerprint density at radius 3 is 2.43 bits per heavy atom. The number of benzene rings is 1. The van der Waals surface area contributed by atoms with Crippen molar-refractivity contribution in [2.45, 2.75) is 43.0 Å². The number of carbonyl (C=O) groups excluding carboxylic acids is 1. The molecule has 1 atom stereocenters. The molecule has 6 rings (SSSR count). The summed E-state index contributed by atoms with van der Waals surface area (Å²) in [4.78, 5) is 35.2. The number of anilines is 2. The van der Waals surface area contributed by atoms with Crippen molar-refractivity contribution >= 4 is 44.7 Å². The van der Waals surface area contributed by atoms with Gasteiger partial charge in [0.15, 0.2) is 0 Å². The van der Waals surface area contributed by atoms with Gasteiger partial charge >= 0.3 is 5.97 Å². The Kier molecular flexibility index (Phi) is 8.30.